The van der Waals surface area contributed by atoms with E-state index in [9.17, 15) is 22.8 Å². The number of imide groups is 1. The predicted molar refractivity (Wildman–Crippen MR) is 93.6 cm³/mol. The summed E-state index contributed by atoms with van der Waals surface area (Å²) in [5.74, 6) is -1.78. The zero-order valence-electron chi connectivity index (χ0n) is 15.0. The molecule has 0 bridgehead atoms. The van der Waals surface area contributed by atoms with Gasteiger partial charge in [-0.15, -0.1) is 0 Å². The van der Waals surface area contributed by atoms with E-state index in [1.165, 1.54) is 19.1 Å². The number of carbonyl (C=O) groups excluding carboxylic acids is 3. The molecule has 3 amide bonds. The van der Waals surface area contributed by atoms with Crippen LogP contribution in [0.25, 0.3) is 0 Å². The van der Waals surface area contributed by atoms with E-state index >= 15 is 0 Å². The van der Waals surface area contributed by atoms with Gasteiger partial charge in [0.2, 0.25) is 10.0 Å². The van der Waals surface area contributed by atoms with Gasteiger partial charge in [0.05, 0.1) is 4.90 Å². The molecule has 0 unspecified atom stereocenters. The summed E-state index contributed by atoms with van der Waals surface area (Å²) in [7, 11) is -3.90. The molecule has 26 heavy (non-hydrogen) atoms. The molecule has 0 aliphatic carbocycles. The molecule has 144 valence electrons. The monoisotopic (exact) mass is 385 g/mol. The Balaban J connectivity index is 2.50. The molecule has 10 heteroatoms. The molecule has 0 fully saturated rings. The lowest BCUT2D eigenvalue weighted by Gasteiger charge is -2.20. The molecule has 1 atom stereocenters. The standard InChI is InChI=1S/C16H23N3O6S/c1-11(19-26(23,24)12-8-6-5-7-9-12)14(21)25-10-13(20)17-15(22)18-16(2,3)4/h5-9,11,19H,10H2,1-4H3,(H2,17,18,20,22)/t11-/m0/s1. The van der Waals surface area contributed by atoms with Gasteiger partial charge in [0, 0.05) is 5.54 Å². The third kappa shape index (κ3) is 7.62. The molecule has 0 aliphatic heterocycles. The number of hydrogen-bond acceptors (Lipinski definition) is 6. The highest BCUT2D eigenvalue weighted by Gasteiger charge is 2.24. The zero-order valence-corrected chi connectivity index (χ0v) is 15.8. The molecule has 0 radical (unpaired) electrons. The molecular weight excluding hydrogens is 362 g/mol. The Kier molecular flexibility index (Phi) is 7.28. The summed E-state index contributed by atoms with van der Waals surface area (Å²) in [6, 6.07) is 5.57. The first-order valence-corrected chi connectivity index (χ1v) is 9.25. The van der Waals surface area contributed by atoms with Gasteiger partial charge >= 0.3 is 12.0 Å². The SMILES string of the molecule is C[C@H](NS(=O)(=O)c1ccccc1)C(=O)OCC(=O)NC(=O)NC(C)(C)C. The Morgan fingerprint density at radius 3 is 2.23 bits per heavy atom. The maximum Gasteiger partial charge on any atom is 0.324 e. The van der Waals surface area contributed by atoms with E-state index in [0.29, 0.717) is 0 Å². The van der Waals surface area contributed by atoms with Gasteiger partial charge in [-0.2, -0.15) is 4.72 Å². The number of sulfonamides is 1. The first-order valence-electron chi connectivity index (χ1n) is 7.77. The fraction of sp³-hybridized carbons (Fsp3) is 0.438. The van der Waals surface area contributed by atoms with Crippen LogP contribution in [0.3, 0.4) is 0 Å². The smallest absolute Gasteiger partial charge is 0.324 e. The Hall–Kier alpha value is -2.46. The highest BCUT2D eigenvalue weighted by molar-refractivity contribution is 7.89. The summed E-state index contributed by atoms with van der Waals surface area (Å²) < 4.78 is 31.1. The molecule has 1 aromatic rings. The third-order valence-corrected chi connectivity index (χ3v) is 4.38. The normalized spacial score (nSPS) is 12.8. The van der Waals surface area contributed by atoms with E-state index in [-0.39, 0.29) is 4.90 Å². The van der Waals surface area contributed by atoms with Crippen LogP contribution >= 0.6 is 0 Å². The maximum atomic E-state index is 12.1. The summed E-state index contributed by atoms with van der Waals surface area (Å²) in [5, 5.41) is 4.51. The van der Waals surface area contributed by atoms with Crippen molar-refractivity contribution in [3.63, 3.8) is 0 Å². The molecule has 0 saturated heterocycles. The van der Waals surface area contributed by atoms with Crippen molar-refractivity contribution in [2.75, 3.05) is 6.61 Å². The molecule has 3 N–H and O–H groups in total. The lowest BCUT2D eigenvalue weighted by molar-refractivity contribution is -0.149. The average Bonchev–Trinajstić information content (AvgIpc) is 2.51. The second-order valence-corrected chi connectivity index (χ2v) is 8.23. The molecule has 0 aromatic heterocycles. The van der Waals surface area contributed by atoms with Crippen molar-refractivity contribution in [1.82, 2.24) is 15.4 Å². The maximum absolute atomic E-state index is 12.1. The van der Waals surface area contributed by atoms with Gasteiger partial charge in [-0.3, -0.25) is 14.9 Å². The van der Waals surface area contributed by atoms with Crippen LogP contribution in [0.2, 0.25) is 0 Å². The second kappa shape index (κ2) is 8.77. The van der Waals surface area contributed by atoms with Crippen molar-refractivity contribution in [1.29, 1.82) is 0 Å². The van der Waals surface area contributed by atoms with E-state index in [1.807, 2.05) is 5.32 Å². The fourth-order valence-corrected chi connectivity index (χ4v) is 2.96. The lowest BCUT2D eigenvalue weighted by Crippen LogP contribution is -2.49. The predicted octanol–water partition coefficient (Wildman–Crippen LogP) is 0.521. The van der Waals surface area contributed by atoms with Crippen LogP contribution in [0, 0.1) is 0 Å². The summed E-state index contributed by atoms with van der Waals surface area (Å²) in [6.07, 6.45) is 0. The third-order valence-electron chi connectivity index (χ3n) is 2.83. The number of hydrogen-bond donors (Lipinski definition) is 3. The Labute approximate surface area is 152 Å². The summed E-state index contributed by atoms with van der Waals surface area (Å²) in [4.78, 5) is 34.9. The first-order chi connectivity index (χ1) is 11.9. The number of ether oxygens (including phenoxy) is 1. The number of nitrogens with one attached hydrogen (secondary N) is 3. The largest absolute Gasteiger partial charge is 0.454 e. The minimum Gasteiger partial charge on any atom is -0.454 e. The van der Waals surface area contributed by atoms with E-state index in [4.69, 9.17) is 4.74 Å². The van der Waals surface area contributed by atoms with Crippen LogP contribution in [0.1, 0.15) is 27.7 Å². The van der Waals surface area contributed by atoms with Crippen molar-refractivity contribution in [3.8, 4) is 0 Å². The molecule has 0 aliphatic rings. The van der Waals surface area contributed by atoms with E-state index in [2.05, 4.69) is 10.0 Å². The van der Waals surface area contributed by atoms with Crippen molar-refractivity contribution >= 4 is 27.9 Å². The molecule has 0 saturated carbocycles. The topological polar surface area (TPSA) is 131 Å². The number of rotatable bonds is 6. The fourth-order valence-electron chi connectivity index (χ4n) is 1.74. The van der Waals surface area contributed by atoms with Crippen molar-refractivity contribution in [3.05, 3.63) is 30.3 Å². The molecular formula is C16H23N3O6S. The summed E-state index contributed by atoms with van der Waals surface area (Å²) in [5.41, 5.74) is -0.536. The molecule has 1 rings (SSSR count). The van der Waals surface area contributed by atoms with Crippen molar-refractivity contribution in [2.45, 2.75) is 44.2 Å². The van der Waals surface area contributed by atoms with Gasteiger partial charge in [0.25, 0.3) is 5.91 Å². The van der Waals surface area contributed by atoms with Crippen LogP contribution in [0.15, 0.2) is 35.2 Å². The molecule has 9 nitrogen and oxygen atoms in total. The Morgan fingerprint density at radius 2 is 1.69 bits per heavy atom. The number of carbonyl (C=O) groups is 3. The van der Waals surface area contributed by atoms with Crippen LogP contribution in [0.4, 0.5) is 4.79 Å². The van der Waals surface area contributed by atoms with Crippen LogP contribution < -0.4 is 15.4 Å². The van der Waals surface area contributed by atoms with Gasteiger partial charge in [0.1, 0.15) is 6.04 Å². The summed E-state index contributed by atoms with van der Waals surface area (Å²) in [6.45, 7) is 5.77. The van der Waals surface area contributed by atoms with Gasteiger partial charge in [-0.25, -0.2) is 13.2 Å². The van der Waals surface area contributed by atoms with Crippen LogP contribution in [0.5, 0.6) is 0 Å². The van der Waals surface area contributed by atoms with Crippen molar-refractivity contribution in [2.24, 2.45) is 0 Å². The second-order valence-electron chi connectivity index (χ2n) is 6.52. The van der Waals surface area contributed by atoms with Gasteiger partial charge in [-0.1, -0.05) is 18.2 Å². The van der Waals surface area contributed by atoms with Gasteiger partial charge in [-0.05, 0) is 39.8 Å². The minimum absolute atomic E-state index is 0.00348. The molecule has 0 heterocycles. The zero-order chi connectivity index (χ0) is 20.0. The number of amides is 3. The molecule has 0 spiro atoms. The average molecular weight is 385 g/mol. The van der Waals surface area contributed by atoms with E-state index < -0.39 is 46.1 Å². The Morgan fingerprint density at radius 1 is 1.12 bits per heavy atom. The van der Waals surface area contributed by atoms with E-state index in [0.717, 1.165) is 0 Å². The quantitative estimate of drug-likeness (QED) is 0.612. The van der Waals surface area contributed by atoms with Gasteiger partial charge < -0.3 is 10.1 Å². The Bertz CT molecular complexity index is 756. The van der Waals surface area contributed by atoms with Crippen LogP contribution in [-0.2, 0) is 24.3 Å². The highest BCUT2D eigenvalue weighted by atomic mass is 32.2. The molecule has 1 aromatic carbocycles. The highest BCUT2D eigenvalue weighted by Crippen LogP contribution is 2.08. The lowest BCUT2D eigenvalue weighted by atomic mass is 10.1. The van der Waals surface area contributed by atoms with Gasteiger partial charge in [0.15, 0.2) is 6.61 Å². The number of urea groups is 1. The van der Waals surface area contributed by atoms with Crippen LogP contribution in [-0.4, -0.2) is 44.5 Å². The first kappa shape index (κ1) is 21.6. The number of esters is 1. The van der Waals surface area contributed by atoms with E-state index in [1.54, 1.807) is 39.0 Å². The van der Waals surface area contributed by atoms with Crippen molar-refractivity contribution < 1.29 is 27.5 Å². The minimum atomic E-state index is -3.90. The number of benzene rings is 1. The summed E-state index contributed by atoms with van der Waals surface area (Å²) >= 11 is 0.